The van der Waals surface area contributed by atoms with Crippen LogP contribution >= 0.6 is 0 Å². The molecule has 0 amide bonds. The maximum absolute atomic E-state index is 12.4. The molecule has 1 fully saturated rings. The molecule has 0 radical (unpaired) electrons. The molecule has 2 aliphatic heterocycles. The number of hydrogen-bond acceptors (Lipinski definition) is 5. The number of aliphatic hydroxyl groups is 1. The van der Waals surface area contributed by atoms with E-state index in [9.17, 15) is 14.7 Å². The van der Waals surface area contributed by atoms with Gasteiger partial charge in [0, 0.05) is 17.6 Å². The molecule has 2 heterocycles. The lowest BCUT2D eigenvalue weighted by molar-refractivity contribution is -0.252. The van der Waals surface area contributed by atoms with E-state index < -0.39 is 29.4 Å². The second-order valence-corrected chi connectivity index (χ2v) is 7.17. The van der Waals surface area contributed by atoms with E-state index in [1.165, 1.54) is 0 Å². The van der Waals surface area contributed by atoms with Crippen LogP contribution in [0.2, 0.25) is 0 Å². The van der Waals surface area contributed by atoms with Gasteiger partial charge in [0.25, 0.3) is 0 Å². The summed E-state index contributed by atoms with van der Waals surface area (Å²) in [6.45, 7) is 9.18. The van der Waals surface area contributed by atoms with Crippen molar-refractivity contribution < 1.29 is 24.2 Å². The highest BCUT2D eigenvalue weighted by Crippen LogP contribution is 2.45. The van der Waals surface area contributed by atoms with Gasteiger partial charge in [0.15, 0.2) is 0 Å². The summed E-state index contributed by atoms with van der Waals surface area (Å²) in [4.78, 5) is 24.2. The average Bonchev–Trinajstić information content (AvgIpc) is 2.53. The smallest absolute Gasteiger partial charge is 0.335 e. The maximum Gasteiger partial charge on any atom is 0.335 e. The lowest BCUT2D eigenvalue weighted by Gasteiger charge is -2.52. The van der Waals surface area contributed by atoms with Crippen molar-refractivity contribution >= 4 is 12.3 Å². The van der Waals surface area contributed by atoms with Crippen molar-refractivity contribution in [2.24, 2.45) is 0 Å². The third kappa shape index (κ3) is 3.33. The van der Waals surface area contributed by atoms with Gasteiger partial charge in [-0.3, -0.25) is 4.79 Å². The van der Waals surface area contributed by atoms with Crippen molar-refractivity contribution in [2.45, 2.75) is 82.7 Å². The van der Waals surface area contributed by atoms with Crippen LogP contribution in [0.4, 0.5) is 0 Å². The van der Waals surface area contributed by atoms with E-state index in [1.807, 2.05) is 19.9 Å². The van der Waals surface area contributed by atoms with Gasteiger partial charge in [0.2, 0.25) is 0 Å². The van der Waals surface area contributed by atoms with Gasteiger partial charge in [-0.15, -0.1) is 6.58 Å². The lowest BCUT2D eigenvalue weighted by Crippen LogP contribution is -2.63. The van der Waals surface area contributed by atoms with Gasteiger partial charge in [-0.05, 0) is 46.0 Å². The van der Waals surface area contributed by atoms with E-state index in [2.05, 4.69) is 6.58 Å². The van der Waals surface area contributed by atoms with Crippen molar-refractivity contribution in [1.82, 2.24) is 0 Å². The minimum atomic E-state index is -1.01. The molecule has 0 aromatic carbocycles. The Morgan fingerprint density at radius 1 is 1.38 bits per heavy atom. The maximum atomic E-state index is 12.4. The van der Waals surface area contributed by atoms with E-state index in [1.54, 1.807) is 6.92 Å². The van der Waals surface area contributed by atoms with E-state index in [0.29, 0.717) is 24.0 Å². The normalized spacial score (nSPS) is 36.1. The average molecular weight is 336 g/mol. The van der Waals surface area contributed by atoms with E-state index in [4.69, 9.17) is 9.47 Å². The van der Waals surface area contributed by atoms with E-state index in [0.717, 1.165) is 25.5 Å². The molecule has 134 valence electrons. The van der Waals surface area contributed by atoms with Crippen LogP contribution < -0.4 is 0 Å². The summed E-state index contributed by atoms with van der Waals surface area (Å²) in [7, 11) is 0. The summed E-state index contributed by atoms with van der Waals surface area (Å²) in [6, 6.07) is 0. The lowest BCUT2D eigenvalue weighted by atomic mass is 9.75. The highest BCUT2D eigenvalue weighted by molar-refractivity contribution is 5.98. The molecule has 2 rings (SSSR count). The summed E-state index contributed by atoms with van der Waals surface area (Å²) in [6.07, 6.45) is 5.09. The summed E-state index contributed by atoms with van der Waals surface area (Å²) in [5, 5.41) is 10.4. The quantitative estimate of drug-likeness (QED) is 0.335. The zero-order valence-electron chi connectivity index (χ0n) is 14.8. The molecule has 0 aliphatic carbocycles. The van der Waals surface area contributed by atoms with Gasteiger partial charge in [0.05, 0.1) is 11.7 Å². The molecule has 5 nitrogen and oxygen atoms in total. The predicted molar refractivity (Wildman–Crippen MR) is 90.4 cm³/mol. The molecule has 0 aromatic rings. The fourth-order valence-electron chi connectivity index (χ4n) is 3.51. The monoisotopic (exact) mass is 336 g/mol. The van der Waals surface area contributed by atoms with Crippen LogP contribution in [0.1, 0.15) is 59.3 Å². The fraction of sp³-hybridized carbons (Fsp3) is 0.684. The molecular weight excluding hydrogens is 308 g/mol. The molecule has 1 saturated heterocycles. The molecule has 24 heavy (non-hydrogen) atoms. The molecule has 0 bridgehead atoms. The molecule has 2 aliphatic rings. The van der Waals surface area contributed by atoms with Crippen molar-refractivity contribution in [3.8, 4) is 0 Å². The zero-order valence-corrected chi connectivity index (χ0v) is 14.8. The highest BCUT2D eigenvalue weighted by atomic mass is 16.6. The van der Waals surface area contributed by atoms with Gasteiger partial charge >= 0.3 is 5.97 Å². The number of allylic oxidation sites excluding steroid dienone is 1. The van der Waals surface area contributed by atoms with E-state index in [-0.39, 0.29) is 6.42 Å². The Balaban J connectivity index is 2.33. The standard InChI is InChI=1S/C19H28O5/c1-5-7-8-9-10-13-14(12-20)16-19(4,24-17(13)22)11-15(21)18(3,6-2)23-16/h5,12,15-16,21H,1,6-11H2,2-4H3. The third-order valence-corrected chi connectivity index (χ3v) is 5.36. The number of unbranched alkanes of at least 4 members (excludes halogenated alkanes) is 2. The molecule has 0 spiro atoms. The Morgan fingerprint density at radius 3 is 2.67 bits per heavy atom. The first-order valence-corrected chi connectivity index (χ1v) is 8.69. The van der Waals surface area contributed by atoms with Crippen molar-refractivity contribution in [3.05, 3.63) is 23.8 Å². The molecule has 5 heteroatoms. The van der Waals surface area contributed by atoms with E-state index >= 15 is 0 Å². The Kier molecular flexibility index (Phi) is 5.66. The Hall–Kier alpha value is -1.46. The molecule has 4 atom stereocenters. The number of aliphatic hydroxyl groups excluding tert-OH is 1. The number of hydrogen-bond donors (Lipinski definition) is 1. The molecular formula is C19H28O5. The van der Waals surface area contributed by atoms with Gasteiger partial charge in [-0.25, -0.2) is 4.79 Å². The fourth-order valence-corrected chi connectivity index (χ4v) is 3.51. The van der Waals surface area contributed by atoms with Gasteiger partial charge in [-0.2, -0.15) is 0 Å². The van der Waals surface area contributed by atoms with Gasteiger partial charge in [-0.1, -0.05) is 13.0 Å². The number of carbonyl (C=O) groups excluding carboxylic acids is 2. The minimum absolute atomic E-state index is 0.259. The minimum Gasteiger partial charge on any atom is -0.453 e. The molecule has 0 aromatic heterocycles. The number of carbonyl (C=O) groups is 2. The third-order valence-electron chi connectivity index (χ3n) is 5.36. The topological polar surface area (TPSA) is 72.8 Å². The van der Waals surface area contributed by atoms with Crippen LogP contribution in [-0.4, -0.2) is 40.8 Å². The van der Waals surface area contributed by atoms with Crippen LogP contribution in [0.5, 0.6) is 0 Å². The second-order valence-electron chi connectivity index (χ2n) is 7.17. The van der Waals surface area contributed by atoms with Crippen LogP contribution in [0.25, 0.3) is 0 Å². The van der Waals surface area contributed by atoms with Crippen molar-refractivity contribution in [2.75, 3.05) is 0 Å². The zero-order chi connectivity index (χ0) is 18.0. The molecule has 4 unspecified atom stereocenters. The Bertz CT molecular complexity index is 552. The van der Waals surface area contributed by atoms with Crippen LogP contribution in [0.3, 0.4) is 0 Å². The first kappa shape index (κ1) is 18.9. The number of aldehydes is 1. The first-order valence-electron chi connectivity index (χ1n) is 8.69. The van der Waals surface area contributed by atoms with Crippen molar-refractivity contribution in [1.29, 1.82) is 0 Å². The number of rotatable bonds is 7. The van der Waals surface area contributed by atoms with Crippen LogP contribution in [0.15, 0.2) is 23.8 Å². The highest BCUT2D eigenvalue weighted by Gasteiger charge is 2.56. The summed E-state index contributed by atoms with van der Waals surface area (Å²) in [5.41, 5.74) is -0.979. The second kappa shape index (κ2) is 7.19. The largest absolute Gasteiger partial charge is 0.453 e. The first-order chi connectivity index (χ1) is 11.3. The Labute approximate surface area is 143 Å². The van der Waals surface area contributed by atoms with Crippen molar-refractivity contribution in [3.63, 3.8) is 0 Å². The summed E-state index contributed by atoms with van der Waals surface area (Å²) in [5.74, 6) is -0.467. The SMILES string of the molecule is C=CCCCCC1=C(C=O)C2OC(C)(CC)C(O)CC2(C)OC1=O. The van der Waals surface area contributed by atoms with Gasteiger partial charge < -0.3 is 14.6 Å². The number of esters is 1. The summed E-state index contributed by atoms with van der Waals surface area (Å²) < 4.78 is 11.7. The molecule has 1 N–H and O–H groups in total. The number of ether oxygens (including phenoxy) is 2. The number of fused-ring (bicyclic) bond motifs is 1. The van der Waals surface area contributed by atoms with Crippen LogP contribution in [0, 0.1) is 0 Å². The van der Waals surface area contributed by atoms with Crippen LogP contribution in [-0.2, 0) is 19.1 Å². The summed E-state index contributed by atoms with van der Waals surface area (Å²) >= 11 is 0. The molecule has 0 saturated carbocycles. The predicted octanol–water partition coefficient (Wildman–Crippen LogP) is 2.86. The van der Waals surface area contributed by atoms with Gasteiger partial charge in [0.1, 0.15) is 18.0 Å². The Morgan fingerprint density at radius 2 is 2.08 bits per heavy atom.